The summed E-state index contributed by atoms with van der Waals surface area (Å²) in [4.78, 5) is 27.8. The van der Waals surface area contributed by atoms with Gasteiger partial charge in [-0.2, -0.15) is 5.10 Å². The van der Waals surface area contributed by atoms with E-state index in [0.29, 0.717) is 18.4 Å². The van der Waals surface area contributed by atoms with Gasteiger partial charge in [0.2, 0.25) is 0 Å². The number of carbonyl (C=O) groups is 2. The highest BCUT2D eigenvalue weighted by atomic mass is 19.1. The summed E-state index contributed by atoms with van der Waals surface area (Å²) < 4.78 is 15.5. The van der Waals surface area contributed by atoms with E-state index < -0.39 is 17.4 Å². The number of benzene rings is 1. The molecule has 1 amide bonds. The van der Waals surface area contributed by atoms with Gasteiger partial charge in [-0.05, 0) is 25.3 Å². The minimum absolute atomic E-state index is 0.0330. The van der Waals surface area contributed by atoms with Crippen LogP contribution in [0.15, 0.2) is 42.9 Å². The third-order valence-electron chi connectivity index (χ3n) is 4.80. The van der Waals surface area contributed by atoms with Crippen LogP contribution in [0.4, 0.5) is 4.39 Å². The molecule has 8 heteroatoms. The summed E-state index contributed by atoms with van der Waals surface area (Å²) in [7, 11) is 0. The monoisotopic (exact) mass is 354 g/mol. The number of carboxylic acid groups (broad SMARTS) is 1. The molecule has 0 aliphatic heterocycles. The Hall–Kier alpha value is -3.29. The number of hydrogen-bond donors (Lipinski definition) is 2. The summed E-state index contributed by atoms with van der Waals surface area (Å²) in [6, 6.07) is 6.42. The molecule has 1 aliphatic carbocycles. The number of halogens is 1. The maximum atomic E-state index is 14.2. The average molecular weight is 354 g/mol. The maximum Gasteiger partial charge on any atom is 0.338 e. The molecule has 1 saturated carbocycles. The Kier molecular flexibility index (Phi) is 3.68. The van der Waals surface area contributed by atoms with Crippen LogP contribution in [0.1, 0.15) is 45.5 Å². The van der Waals surface area contributed by atoms with Crippen LogP contribution in [-0.2, 0) is 5.54 Å². The summed E-state index contributed by atoms with van der Waals surface area (Å²) in [5, 5.41) is 15.9. The van der Waals surface area contributed by atoms with Crippen LogP contribution < -0.4 is 5.32 Å². The van der Waals surface area contributed by atoms with Crippen molar-refractivity contribution in [2.45, 2.75) is 24.8 Å². The van der Waals surface area contributed by atoms with Crippen molar-refractivity contribution in [3.8, 4) is 0 Å². The molecule has 0 radical (unpaired) electrons. The number of aromatic nitrogens is 3. The first-order valence-electron chi connectivity index (χ1n) is 8.14. The highest BCUT2D eigenvalue weighted by molar-refractivity contribution is 6.00. The van der Waals surface area contributed by atoms with E-state index in [1.165, 1.54) is 29.2 Å². The summed E-state index contributed by atoms with van der Waals surface area (Å²) in [6.45, 7) is 0. The van der Waals surface area contributed by atoms with Gasteiger partial charge in [0, 0.05) is 18.0 Å². The first-order chi connectivity index (χ1) is 12.5. The van der Waals surface area contributed by atoms with Gasteiger partial charge >= 0.3 is 5.97 Å². The molecule has 26 heavy (non-hydrogen) atoms. The molecular weight excluding hydrogens is 339 g/mol. The van der Waals surface area contributed by atoms with Gasteiger partial charge in [-0.1, -0.05) is 18.2 Å². The first kappa shape index (κ1) is 16.2. The fourth-order valence-electron chi connectivity index (χ4n) is 3.27. The maximum absolute atomic E-state index is 14.2. The van der Waals surface area contributed by atoms with Crippen LogP contribution in [0.5, 0.6) is 0 Å². The molecule has 0 saturated heterocycles. The van der Waals surface area contributed by atoms with Crippen molar-refractivity contribution >= 4 is 17.5 Å². The Bertz CT molecular complexity index is 1030. The molecule has 0 spiro atoms. The average Bonchev–Trinajstić information content (AvgIpc) is 3.02. The molecule has 3 aromatic rings. The van der Waals surface area contributed by atoms with E-state index in [1.807, 2.05) is 0 Å². The van der Waals surface area contributed by atoms with Crippen molar-refractivity contribution in [1.82, 2.24) is 19.9 Å². The molecule has 2 aromatic heterocycles. The molecule has 1 aliphatic rings. The van der Waals surface area contributed by atoms with Crippen molar-refractivity contribution in [2.24, 2.45) is 0 Å². The summed E-state index contributed by atoms with van der Waals surface area (Å²) in [5.41, 5.74) is 0.157. The number of amides is 1. The lowest BCUT2D eigenvalue weighted by molar-refractivity contribution is 0.0695. The number of carboxylic acids is 1. The van der Waals surface area contributed by atoms with Gasteiger partial charge in [-0.25, -0.2) is 18.7 Å². The van der Waals surface area contributed by atoms with Crippen molar-refractivity contribution in [2.75, 3.05) is 0 Å². The van der Waals surface area contributed by atoms with E-state index in [2.05, 4.69) is 15.4 Å². The molecular formula is C18H15FN4O3. The van der Waals surface area contributed by atoms with Crippen LogP contribution in [0.25, 0.3) is 5.65 Å². The Morgan fingerprint density at radius 3 is 2.65 bits per heavy atom. The van der Waals surface area contributed by atoms with Gasteiger partial charge in [-0.3, -0.25) is 4.79 Å². The van der Waals surface area contributed by atoms with Crippen LogP contribution in [0.2, 0.25) is 0 Å². The van der Waals surface area contributed by atoms with Crippen molar-refractivity contribution < 1.29 is 19.1 Å². The molecule has 0 atom stereocenters. The fourth-order valence-corrected chi connectivity index (χ4v) is 3.27. The molecule has 1 aromatic carbocycles. The third kappa shape index (κ3) is 2.50. The Morgan fingerprint density at radius 1 is 1.23 bits per heavy atom. The highest BCUT2D eigenvalue weighted by Gasteiger charge is 2.42. The van der Waals surface area contributed by atoms with E-state index in [4.69, 9.17) is 5.11 Å². The molecule has 7 nitrogen and oxygen atoms in total. The molecule has 0 unspecified atom stereocenters. The molecule has 2 N–H and O–H groups in total. The van der Waals surface area contributed by atoms with E-state index in [-0.39, 0.29) is 22.6 Å². The van der Waals surface area contributed by atoms with Gasteiger partial charge in [0.05, 0.1) is 17.3 Å². The topological polar surface area (TPSA) is 96.6 Å². The number of nitrogens with one attached hydrogen (secondary N) is 1. The second-order valence-corrected chi connectivity index (χ2v) is 6.34. The van der Waals surface area contributed by atoms with Gasteiger partial charge in [0.15, 0.2) is 5.65 Å². The van der Waals surface area contributed by atoms with E-state index in [9.17, 15) is 14.0 Å². The Morgan fingerprint density at radius 2 is 2.00 bits per heavy atom. The molecule has 132 valence electrons. The van der Waals surface area contributed by atoms with Gasteiger partial charge in [-0.15, -0.1) is 0 Å². The minimum Gasteiger partial charge on any atom is -0.478 e. The van der Waals surface area contributed by atoms with Gasteiger partial charge in [0.1, 0.15) is 11.4 Å². The molecule has 4 rings (SSSR count). The number of fused-ring (bicyclic) bond motifs is 1. The van der Waals surface area contributed by atoms with Crippen molar-refractivity contribution in [3.63, 3.8) is 0 Å². The van der Waals surface area contributed by atoms with E-state index in [1.54, 1.807) is 18.2 Å². The zero-order chi connectivity index (χ0) is 18.3. The molecule has 0 bridgehead atoms. The lowest BCUT2D eigenvalue weighted by atomic mass is 9.71. The predicted octanol–water partition coefficient (Wildman–Crippen LogP) is 2.38. The predicted molar refractivity (Wildman–Crippen MR) is 89.3 cm³/mol. The standard InChI is InChI=1S/C18H15FN4O3/c19-14-5-2-1-4-13(14)18(6-3-7-18)22-16(24)12-9-21-23-10-11(17(25)26)8-20-15(12)23/h1-2,4-5,8-10H,3,6-7H2,(H,22,24)(H,25,26). The van der Waals surface area contributed by atoms with E-state index >= 15 is 0 Å². The lowest BCUT2D eigenvalue weighted by Gasteiger charge is -2.43. The third-order valence-corrected chi connectivity index (χ3v) is 4.80. The zero-order valence-corrected chi connectivity index (χ0v) is 13.6. The number of hydrogen-bond acceptors (Lipinski definition) is 4. The first-order valence-corrected chi connectivity index (χ1v) is 8.14. The number of rotatable bonds is 4. The van der Waals surface area contributed by atoms with Crippen LogP contribution in [0, 0.1) is 5.82 Å². The van der Waals surface area contributed by atoms with Crippen LogP contribution >= 0.6 is 0 Å². The number of carbonyl (C=O) groups excluding carboxylic acids is 1. The lowest BCUT2D eigenvalue weighted by Crippen LogP contribution is -2.51. The second-order valence-electron chi connectivity index (χ2n) is 6.34. The van der Waals surface area contributed by atoms with Gasteiger partial charge in [0.25, 0.3) is 5.91 Å². The highest BCUT2D eigenvalue weighted by Crippen LogP contribution is 2.42. The van der Waals surface area contributed by atoms with Crippen LogP contribution in [0.3, 0.4) is 0 Å². The fraction of sp³-hybridized carbons (Fsp3) is 0.222. The quantitative estimate of drug-likeness (QED) is 0.750. The normalized spacial score (nSPS) is 15.4. The SMILES string of the molecule is O=C(O)c1cnc2c(C(=O)NC3(c4ccccc4F)CCC3)cnn2c1. The molecule has 2 heterocycles. The Labute approximate surface area is 147 Å². The summed E-state index contributed by atoms with van der Waals surface area (Å²) in [6.07, 6.45) is 5.98. The van der Waals surface area contributed by atoms with Crippen LogP contribution in [-0.4, -0.2) is 31.6 Å². The zero-order valence-electron chi connectivity index (χ0n) is 13.6. The summed E-state index contributed by atoms with van der Waals surface area (Å²) in [5.74, 6) is -1.90. The molecule has 1 fully saturated rings. The second kappa shape index (κ2) is 5.91. The van der Waals surface area contributed by atoms with Gasteiger partial charge < -0.3 is 10.4 Å². The number of aromatic carboxylic acids is 1. The Balaban J connectivity index is 1.67. The van der Waals surface area contributed by atoms with Crippen molar-refractivity contribution in [3.05, 3.63) is 65.4 Å². The minimum atomic E-state index is -1.13. The number of nitrogens with zero attached hydrogens (tertiary/aromatic N) is 3. The van der Waals surface area contributed by atoms with Crippen molar-refractivity contribution in [1.29, 1.82) is 0 Å². The van der Waals surface area contributed by atoms with E-state index in [0.717, 1.165) is 6.42 Å². The summed E-state index contributed by atoms with van der Waals surface area (Å²) >= 11 is 0. The smallest absolute Gasteiger partial charge is 0.338 e. The largest absolute Gasteiger partial charge is 0.478 e.